The number of nitrogens with zero attached hydrogens (tertiary/aromatic N) is 1. The highest BCUT2D eigenvalue weighted by molar-refractivity contribution is 5.87. The van der Waals surface area contributed by atoms with E-state index in [2.05, 4.69) is 31.1 Å². The Bertz CT molecular complexity index is 360. The molecule has 1 atom stereocenters. The molecule has 0 aliphatic heterocycles. The number of pyridine rings is 1. The summed E-state index contributed by atoms with van der Waals surface area (Å²) in [5, 5.41) is 12.1. The molecule has 0 fully saturated rings. The van der Waals surface area contributed by atoms with Crippen LogP contribution in [0.1, 0.15) is 36.8 Å². The van der Waals surface area contributed by atoms with E-state index in [1.165, 1.54) is 6.20 Å². The standard InChI is InChI=1S/C13H20N2O2/c1-9(2)10(3)6-14-8-12-5-4-11(7-15-12)13(16)17/h4-5,7,9-10,14H,6,8H2,1-3H3,(H,16,17). The van der Waals surface area contributed by atoms with E-state index in [9.17, 15) is 4.79 Å². The van der Waals surface area contributed by atoms with E-state index in [1.54, 1.807) is 12.1 Å². The quantitative estimate of drug-likeness (QED) is 0.794. The van der Waals surface area contributed by atoms with Crippen molar-refractivity contribution in [1.82, 2.24) is 10.3 Å². The lowest BCUT2D eigenvalue weighted by atomic mass is 9.98. The Hall–Kier alpha value is -1.42. The highest BCUT2D eigenvalue weighted by atomic mass is 16.4. The van der Waals surface area contributed by atoms with Gasteiger partial charge < -0.3 is 10.4 Å². The van der Waals surface area contributed by atoms with Gasteiger partial charge in [-0.05, 0) is 30.5 Å². The SMILES string of the molecule is CC(C)C(C)CNCc1ccc(C(=O)O)cn1. The summed E-state index contributed by atoms with van der Waals surface area (Å²) in [6.45, 7) is 8.23. The molecule has 1 aromatic heterocycles. The van der Waals surface area contributed by atoms with Crippen LogP contribution in [0.4, 0.5) is 0 Å². The molecule has 0 spiro atoms. The molecule has 1 heterocycles. The molecule has 1 unspecified atom stereocenters. The van der Waals surface area contributed by atoms with E-state index in [4.69, 9.17) is 5.11 Å². The minimum atomic E-state index is -0.939. The Morgan fingerprint density at radius 2 is 2.12 bits per heavy atom. The number of carboxylic acids is 1. The molecule has 1 aromatic rings. The second kappa shape index (κ2) is 6.35. The maximum absolute atomic E-state index is 10.6. The smallest absolute Gasteiger partial charge is 0.337 e. The number of aromatic nitrogens is 1. The van der Waals surface area contributed by atoms with E-state index in [0.29, 0.717) is 18.4 Å². The molecule has 17 heavy (non-hydrogen) atoms. The first-order chi connectivity index (χ1) is 8.00. The summed E-state index contributed by atoms with van der Waals surface area (Å²) in [5.41, 5.74) is 1.09. The molecule has 0 bridgehead atoms. The fourth-order valence-electron chi connectivity index (χ4n) is 1.32. The van der Waals surface area contributed by atoms with E-state index >= 15 is 0 Å². The Morgan fingerprint density at radius 3 is 2.59 bits per heavy atom. The molecule has 0 aliphatic carbocycles. The molecule has 0 aliphatic rings. The maximum atomic E-state index is 10.6. The van der Waals surface area contributed by atoms with Crippen LogP contribution in [0.2, 0.25) is 0 Å². The van der Waals surface area contributed by atoms with Crippen molar-refractivity contribution in [2.45, 2.75) is 27.3 Å². The van der Waals surface area contributed by atoms with Gasteiger partial charge in [0.05, 0.1) is 11.3 Å². The van der Waals surface area contributed by atoms with Gasteiger partial charge in [0, 0.05) is 12.7 Å². The summed E-state index contributed by atoms with van der Waals surface area (Å²) in [7, 11) is 0. The molecule has 0 saturated heterocycles. The van der Waals surface area contributed by atoms with Crippen LogP contribution in [0.15, 0.2) is 18.3 Å². The minimum Gasteiger partial charge on any atom is -0.478 e. The van der Waals surface area contributed by atoms with Gasteiger partial charge in [0.25, 0.3) is 0 Å². The van der Waals surface area contributed by atoms with Crippen LogP contribution >= 0.6 is 0 Å². The fraction of sp³-hybridized carbons (Fsp3) is 0.538. The zero-order valence-electron chi connectivity index (χ0n) is 10.6. The van der Waals surface area contributed by atoms with Gasteiger partial charge >= 0.3 is 5.97 Å². The molecule has 0 radical (unpaired) electrons. The van der Waals surface area contributed by atoms with Crippen LogP contribution in [-0.2, 0) is 6.54 Å². The first-order valence-electron chi connectivity index (χ1n) is 5.89. The van der Waals surface area contributed by atoms with Crippen molar-refractivity contribution in [3.05, 3.63) is 29.6 Å². The zero-order chi connectivity index (χ0) is 12.8. The van der Waals surface area contributed by atoms with Crippen molar-refractivity contribution in [2.75, 3.05) is 6.54 Å². The molecular formula is C13H20N2O2. The topological polar surface area (TPSA) is 62.2 Å². The van der Waals surface area contributed by atoms with E-state index in [0.717, 1.165) is 12.2 Å². The van der Waals surface area contributed by atoms with Gasteiger partial charge in [-0.2, -0.15) is 0 Å². The van der Waals surface area contributed by atoms with Gasteiger partial charge in [-0.15, -0.1) is 0 Å². The van der Waals surface area contributed by atoms with Gasteiger partial charge in [0.2, 0.25) is 0 Å². The van der Waals surface area contributed by atoms with Gasteiger partial charge in [0.1, 0.15) is 0 Å². The maximum Gasteiger partial charge on any atom is 0.337 e. The number of nitrogens with one attached hydrogen (secondary N) is 1. The number of hydrogen-bond donors (Lipinski definition) is 2. The van der Waals surface area contributed by atoms with Crippen molar-refractivity contribution >= 4 is 5.97 Å². The number of carbonyl (C=O) groups is 1. The summed E-state index contributed by atoms with van der Waals surface area (Å²) in [4.78, 5) is 14.7. The average Bonchev–Trinajstić information content (AvgIpc) is 2.29. The molecule has 2 N–H and O–H groups in total. The number of aromatic carboxylic acids is 1. The summed E-state index contributed by atoms with van der Waals surface area (Å²) >= 11 is 0. The second-order valence-electron chi connectivity index (χ2n) is 4.70. The van der Waals surface area contributed by atoms with Crippen LogP contribution in [-0.4, -0.2) is 22.6 Å². The fourth-order valence-corrected chi connectivity index (χ4v) is 1.32. The van der Waals surface area contributed by atoms with Crippen molar-refractivity contribution < 1.29 is 9.90 Å². The van der Waals surface area contributed by atoms with Crippen LogP contribution in [0.5, 0.6) is 0 Å². The normalized spacial score (nSPS) is 12.7. The van der Waals surface area contributed by atoms with Gasteiger partial charge in [-0.3, -0.25) is 4.98 Å². The summed E-state index contributed by atoms with van der Waals surface area (Å²) in [6, 6.07) is 3.33. The Labute approximate surface area is 102 Å². The number of rotatable bonds is 6. The molecule has 4 heteroatoms. The Kier molecular flexibility index (Phi) is 5.10. The third-order valence-corrected chi connectivity index (χ3v) is 2.98. The van der Waals surface area contributed by atoms with E-state index in [-0.39, 0.29) is 5.56 Å². The lowest BCUT2D eigenvalue weighted by Gasteiger charge is -2.15. The molecule has 1 rings (SSSR count). The van der Waals surface area contributed by atoms with E-state index < -0.39 is 5.97 Å². The molecule has 4 nitrogen and oxygen atoms in total. The van der Waals surface area contributed by atoms with Crippen LogP contribution in [0, 0.1) is 11.8 Å². The van der Waals surface area contributed by atoms with Gasteiger partial charge in [0.15, 0.2) is 0 Å². The third-order valence-electron chi connectivity index (χ3n) is 2.98. The molecule has 0 aromatic carbocycles. The molecule has 0 saturated carbocycles. The van der Waals surface area contributed by atoms with E-state index in [1.807, 2.05) is 0 Å². The molecular weight excluding hydrogens is 216 g/mol. The monoisotopic (exact) mass is 236 g/mol. The van der Waals surface area contributed by atoms with Gasteiger partial charge in [-0.1, -0.05) is 20.8 Å². The first kappa shape index (κ1) is 13.6. The lowest BCUT2D eigenvalue weighted by molar-refractivity contribution is 0.0696. The molecule has 94 valence electrons. The average molecular weight is 236 g/mol. The largest absolute Gasteiger partial charge is 0.478 e. The van der Waals surface area contributed by atoms with Crippen molar-refractivity contribution in [3.63, 3.8) is 0 Å². The predicted octanol–water partition coefficient (Wildman–Crippen LogP) is 2.16. The van der Waals surface area contributed by atoms with Crippen LogP contribution in [0.25, 0.3) is 0 Å². The number of carboxylic acid groups (broad SMARTS) is 1. The number of hydrogen-bond acceptors (Lipinski definition) is 3. The summed E-state index contributed by atoms with van der Waals surface area (Å²) in [5.74, 6) is 0.337. The highest BCUT2D eigenvalue weighted by Gasteiger charge is 2.06. The van der Waals surface area contributed by atoms with Gasteiger partial charge in [-0.25, -0.2) is 4.79 Å². The first-order valence-corrected chi connectivity index (χ1v) is 5.89. The second-order valence-corrected chi connectivity index (χ2v) is 4.70. The minimum absolute atomic E-state index is 0.226. The summed E-state index contributed by atoms with van der Waals surface area (Å²) < 4.78 is 0. The molecule has 0 amide bonds. The van der Waals surface area contributed by atoms with Crippen molar-refractivity contribution in [2.24, 2.45) is 11.8 Å². The van der Waals surface area contributed by atoms with Crippen LogP contribution < -0.4 is 5.32 Å². The third kappa shape index (κ3) is 4.53. The predicted molar refractivity (Wildman–Crippen MR) is 66.9 cm³/mol. The lowest BCUT2D eigenvalue weighted by Crippen LogP contribution is -2.24. The van der Waals surface area contributed by atoms with Crippen LogP contribution in [0.3, 0.4) is 0 Å². The Morgan fingerprint density at radius 1 is 1.41 bits per heavy atom. The zero-order valence-corrected chi connectivity index (χ0v) is 10.6. The van der Waals surface area contributed by atoms with Crippen molar-refractivity contribution in [3.8, 4) is 0 Å². The van der Waals surface area contributed by atoms with Crippen molar-refractivity contribution in [1.29, 1.82) is 0 Å². The highest BCUT2D eigenvalue weighted by Crippen LogP contribution is 2.08. The Balaban J connectivity index is 2.40. The summed E-state index contributed by atoms with van der Waals surface area (Å²) in [6.07, 6.45) is 1.39.